The Balaban J connectivity index is 1.76. The maximum atomic E-state index is 13.1. The lowest BCUT2D eigenvalue weighted by Crippen LogP contribution is -2.38. The Bertz CT molecular complexity index is 430. The first-order valence-corrected chi connectivity index (χ1v) is 8.26. The second kappa shape index (κ2) is 7.53. The highest BCUT2D eigenvalue weighted by Crippen LogP contribution is 2.24. The maximum absolute atomic E-state index is 13.1. The van der Waals surface area contributed by atoms with Crippen LogP contribution in [0.4, 0.5) is 4.39 Å². The second-order valence-electron chi connectivity index (χ2n) is 5.87. The molecule has 0 spiro atoms. The zero-order chi connectivity index (χ0) is 14.5. The van der Waals surface area contributed by atoms with Crippen LogP contribution in [0.15, 0.2) is 22.7 Å². The van der Waals surface area contributed by atoms with Crippen molar-refractivity contribution in [1.82, 2.24) is 10.2 Å². The summed E-state index contributed by atoms with van der Waals surface area (Å²) >= 11 is 3.43. The molecule has 0 saturated carbocycles. The summed E-state index contributed by atoms with van der Waals surface area (Å²) in [5, 5.41) is 3.52. The summed E-state index contributed by atoms with van der Waals surface area (Å²) in [6.45, 7) is 8.96. The molecule has 1 aliphatic rings. The van der Waals surface area contributed by atoms with Gasteiger partial charge < -0.3 is 10.2 Å². The van der Waals surface area contributed by atoms with Crippen LogP contribution in [0.1, 0.15) is 38.3 Å². The van der Waals surface area contributed by atoms with Gasteiger partial charge in [0, 0.05) is 23.6 Å². The van der Waals surface area contributed by atoms with Crippen molar-refractivity contribution in [3.63, 3.8) is 0 Å². The molecule has 20 heavy (non-hydrogen) atoms. The third-order valence-corrected chi connectivity index (χ3v) is 4.87. The number of hydrogen-bond donors (Lipinski definition) is 1. The quantitative estimate of drug-likeness (QED) is 0.870. The molecule has 2 rings (SSSR count). The third kappa shape index (κ3) is 4.54. The predicted octanol–water partition coefficient (Wildman–Crippen LogP) is 3.97. The van der Waals surface area contributed by atoms with Gasteiger partial charge in [-0.25, -0.2) is 4.39 Å². The molecule has 2 nitrogen and oxygen atoms in total. The minimum absolute atomic E-state index is 0.199. The summed E-state index contributed by atoms with van der Waals surface area (Å²) in [4.78, 5) is 2.53. The van der Waals surface area contributed by atoms with E-state index in [1.165, 1.54) is 38.1 Å². The Morgan fingerprint density at radius 3 is 2.75 bits per heavy atom. The van der Waals surface area contributed by atoms with E-state index in [2.05, 4.69) is 40.0 Å². The number of hydrogen-bond acceptors (Lipinski definition) is 2. The van der Waals surface area contributed by atoms with Crippen LogP contribution in [0.2, 0.25) is 0 Å². The fourth-order valence-electron chi connectivity index (χ4n) is 2.69. The van der Waals surface area contributed by atoms with Crippen molar-refractivity contribution in [1.29, 1.82) is 0 Å². The number of nitrogens with one attached hydrogen (secondary N) is 1. The smallest absolute Gasteiger partial charge is 0.124 e. The van der Waals surface area contributed by atoms with E-state index in [9.17, 15) is 4.39 Å². The van der Waals surface area contributed by atoms with Crippen LogP contribution in [0.5, 0.6) is 0 Å². The highest BCUT2D eigenvalue weighted by atomic mass is 79.9. The van der Waals surface area contributed by atoms with E-state index in [1.54, 1.807) is 0 Å². The molecule has 1 fully saturated rings. The van der Waals surface area contributed by atoms with Crippen LogP contribution in [-0.2, 0) is 0 Å². The lowest BCUT2D eigenvalue weighted by molar-refractivity contribution is 0.191. The molecule has 1 aromatic carbocycles. The summed E-state index contributed by atoms with van der Waals surface area (Å²) in [5.74, 6) is 0.684. The van der Waals surface area contributed by atoms with Crippen LogP contribution >= 0.6 is 15.9 Å². The van der Waals surface area contributed by atoms with Crippen molar-refractivity contribution < 1.29 is 4.39 Å². The molecule has 4 heteroatoms. The molecular formula is C16H24BrFN2. The van der Waals surface area contributed by atoms with Gasteiger partial charge >= 0.3 is 0 Å². The van der Waals surface area contributed by atoms with Gasteiger partial charge in [0.15, 0.2) is 0 Å². The van der Waals surface area contributed by atoms with Crippen molar-refractivity contribution in [2.24, 2.45) is 5.92 Å². The summed E-state index contributed by atoms with van der Waals surface area (Å²) in [6, 6.07) is 5.12. The van der Waals surface area contributed by atoms with Crippen molar-refractivity contribution in [2.75, 3.05) is 26.2 Å². The number of rotatable bonds is 5. The van der Waals surface area contributed by atoms with E-state index < -0.39 is 0 Å². The van der Waals surface area contributed by atoms with E-state index in [-0.39, 0.29) is 11.9 Å². The lowest BCUT2D eigenvalue weighted by Gasteiger charge is -2.30. The Morgan fingerprint density at radius 1 is 1.40 bits per heavy atom. The zero-order valence-electron chi connectivity index (χ0n) is 12.3. The Hall–Kier alpha value is -0.450. The van der Waals surface area contributed by atoms with Gasteiger partial charge in [-0.3, -0.25) is 0 Å². The maximum Gasteiger partial charge on any atom is 0.124 e. The minimum atomic E-state index is -0.199. The molecule has 112 valence electrons. The van der Waals surface area contributed by atoms with Gasteiger partial charge in [0.25, 0.3) is 0 Å². The van der Waals surface area contributed by atoms with Gasteiger partial charge in [-0.1, -0.05) is 28.9 Å². The van der Waals surface area contributed by atoms with E-state index in [0.29, 0.717) is 0 Å². The molecule has 0 radical (unpaired) electrons. The van der Waals surface area contributed by atoms with Gasteiger partial charge in [0.05, 0.1) is 0 Å². The highest BCUT2D eigenvalue weighted by Gasteiger charge is 2.15. The Labute approximate surface area is 129 Å². The Kier molecular flexibility index (Phi) is 6.00. The largest absolute Gasteiger partial charge is 0.309 e. The molecule has 0 bridgehead atoms. The Morgan fingerprint density at radius 2 is 2.10 bits per heavy atom. The van der Waals surface area contributed by atoms with Gasteiger partial charge in [-0.15, -0.1) is 0 Å². The molecule has 0 aromatic heterocycles. The molecule has 1 unspecified atom stereocenters. The lowest BCUT2D eigenvalue weighted by atomic mass is 9.99. The molecule has 1 atom stereocenters. The summed E-state index contributed by atoms with van der Waals surface area (Å²) in [7, 11) is 0. The SMILES string of the molecule is CC1CCN(CCNC(C)c2ccc(F)cc2Br)CC1. The van der Waals surface area contributed by atoms with Gasteiger partial charge in [0.1, 0.15) is 5.82 Å². The second-order valence-corrected chi connectivity index (χ2v) is 6.72. The van der Waals surface area contributed by atoms with Crippen LogP contribution in [-0.4, -0.2) is 31.1 Å². The molecule has 1 heterocycles. The first-order chi connectivity index (χ1) is 9.56. The van der Waals surface area contributed by atoms with E-state index in [0.717, 1.165) is 29.0 Å². The average molecular weight is 343 g/mol. The van der Waals surface area contributed by atoms with Gasteiger partial charge in [-0.05, 0) is 56.5 Å². The van der Waals surface area contributed by atoms with Crippen LogP contribution in [0.3, 0.4) is 0 Å². The molecule has 1 aliphatic heterocycles. The van der Waals surface area contributed by atoms with Crippen molar-refractivity contribution in [2.45, 2.75) is 32.7 Å². The first-order valence-electron chi connectivity index (χ1n) is 7.47. The van der Waals surface area contributed by atoms with E-state index in [1.807, 2.05) is 6.07 Å². The normalized spacial score (nSPS) is 19.2. The number of nitrogens with zero attached hydrogens (tertiary/aromatic N) is 1. The standard InChI is InChI=1S/C16H24BrFN2/c1-12-5-8-20(9-6-12)10-7-19-13(2)15-4-3-14(18)11-16(15)17/h3-4,11-13,19H,5-10H2,1-2H3. The predicted molar refractivity (Wildman–Crippen MR) is 85.4 cm³/mol. The van der Waals surface area contributed by atoms with E-state index >= 15 is 0 Å². The van der Waals surface area contributed by atoms with Crippen molar-refractivity contribution >= 4 is 15.9 Å². The van der Waals surface area contributed by atoms with Gasteiger partial charge in [0.2, 0.25) is 0 Å². The van der Waals surface area contributed by atoms with Crippen molar-refractivity contribution in [3.8, 4) is 0 Å². The third-order valence-electron chi connectivity index (χ3n) is 4.18. The first kappa shape index (κ1) is 15.9. The summed E-state index contributed by atoms with van der Waals surface area (Å²) in [5.41, 5.74) is 1.11. The number of halogens is 2. The number of benzene rings is 1. The van der Waals surface area contributed by atoms with E-state index in [4.69, 9.17) is 0 Å². The summed E-state index contributed by atoms with van der Waals surface area (Å²) < 4.78 is 13.9. The highest BCUT2D eigenvalue weighted by molar-refractivity contribution is 9.10. The minimum Gasteiger partial charge on any atom is -0.309 e. The monoisotopic (exact) mass is 342 g/mol. The molecular weight excluding hydrogens is 319 g/mol. The van der Waals surface area contributed by atoms with Crippen LogP contribution in [0.25, 0.3) is 0 Å². The molecule has 1 N–H and O–H groups in total. The fraction of sp³-hybridized carbons (Fsp3) is 0.625. The molecule has 0 aliphatic carbocycles. The zero-order valence-corrected chi connectivity index (χ0v) is 13.9. The molecule has 1 aromatic rings. The molecule has 0 amide bonds. The number of likely N-dealkylation sites (tertiary alicyclic amines) is 1. The number of piperidine rings is 1. The fourth-order valence-corrected chi connectivity index (χ4v) is 3.38. The van der Waals surface area contributed by atoms with Gasteiger partial charge in [-0.2, -0.15) is 0 Å². The topological polar surface area (TPSA) is 15.3 Å². The van der Waals surface area contributed by atoms with Crippen LogP contribution in [0, 0.1) is 11.7 Å². The average Bonchev–Trinajstić information content (AvgIpc) is 2.41. The summed E-state index contributed by atoms with van der Waals surface area (Å²) in [6.07, 6.45) is 2.64. The molecule has 1 saturated heterocycles. The van der Waals surface area contributed by atoms with Crippen LogP contribution < -0.4 is 5.32 Å². The van der Waals surface area contributed by atoms with Crippen molar-refractivity contribution in [3.05, 3.63) is 34.1 Å².